The van der Waals surface area contributed by atoms with E-state index in [4.69, 9.17) is 4.74 Å². The van der Waals surface area contributed by atoms with E-state index in [0.29, 0.717) is 25.5 Å². The molecule has 172 valence electrons. The van der Waals surface area contributed by atoms with Crippen LogP contribution in [0.1, 0.15) is 73.6 Å². The summed E-state index contributed by atoms with van der Waals surface area (Å²) >= 11 is 0. The van der Waals surface area contributed by atoms with E-state index in [2.05, 4.69) is 25.7 Å². The van der Waals surface area contributed by atoms with Gasteiger partial charge in [-0.05, 0) is 53.4 Å². The van der Waals surface area contributed by atoms with Crippen molar-refractivity contribution in [3.63, 3.8) is 0 Å². The molecule has 0 spiro atoms. The van der Waals surface area contributed by atoms with Gasteiger partial charge in [0.2, 0.25) is 0 Å². The first-order chi connectivity index (χ1) is 13.1. The summed E-state index contributed by atoms with van der Waals surface area (Å²) in [7, 11) is 1.40. The summed E-state index contributed by atoms with van der Waals surface area (Å²) in [4.78, 5) is 28.0. The van der Waals surface area contributed by atoms with Crippen LogP contribution in [0, 0.1) is 0 Å². The molecule has 0 saturated carbocycles. The second-order valence-corrected chi connectivity index (χ2v) is 7.77. The molecule has 0 aliphatic carbocycles. The maximum atomic E-state index is 12.2. The number of ether oxygens (including phenoxy) is 2. The molecule has 9 heteroatoms. The van der Waals surface area contributed by atoms with Gasteiger partial charge in [-0.1, -0.05) is 13.8 Å². The standard InChI is InChI=1S/C20H40N4O4.HI/c1-8-20(9-2,24-18(26)28-19(4,5)6)15-23-17(21-10-3)22-14-12-11-13-16(25)27-7;/h8-15H2,1-7H3,(H,24,26)(H2,21,22,23);1H. The molecule has 1 amide bonds. The first-order valence-corrected chi connectivity index (χ1v) is 10.2. The lowest BCUT2D eigenvalue weighted by Crippen LogP contribution is -2.52. The number of guanidine groups is 1. The molecule has 0 unspecified atom stereocenters. The van der Waals surface area contributed by atoms with E-state index in [1.165, 1.54) is 7.11 Å². The van der Waals surface area contributed by atoms with Crippen molar-refractivity contribution in [2.45, 2.75) is 84.8 Å². The fourth-order valence-electron chi connectivity index (χ4n) is 2.49. The predicted octanol–water partition coefficient (Wildman–Crippen LogP) is 3.59. The second kappa shape index (κ2) is 15.6. The molecule has 3 N–H and O–H groups in total. The topological polar surface area (TPSA) is 101 Å². The smallest absolute Gasteiger partial charge is 0.408 e. The number of alkyl carbamates (subject to hydrolysis) is 1. The Hall–Kier alpha value is -1.26. The quantitative estimate of drug-likeness (QED) is 0.125. The van der Waals surface area contributed by atoms with Crippen molar-refractivity contribution >= 4 is 42.0 Å². The van der Waals surface area contributed by atoms with Crippen LogP contribution < -0.4 is 16.0 Å². The largest absolute Gasteiger partial charge is 0.469 e. The summed E-state index contributed by atoms with van der Waals surface area (Å²) in [5.74, 6) is 0.502. The summed E-state index contributed by atoms with van der Waals surface area (Å²) in [5, 5.41) is 9.48. The molecule has 8 nitrogen and oxygen atoms in total. The molecule has 0 bridgehead atoms. The van der Waals surface area contributed by atoms with Crippen molar-refractivity contribution in [2.75, 3.05) is 26.7 Å². The van der Waals surface area contributed by atoms with Gasteiger partial charge >= 0.3 is 12.1 Å². The van der Waals surface area contributed by atoms with Crippen LogP contribution in [0.5, 0.6) is 0 Å². The third kappa shape index (κ3) is 14.4. The second-order valence-electron chi connectivity index (χ2n) is 7.77. The molecule has 0 atom stereocenters. The van der Waals surface area contributed by atoms with Crippen LogP contribution in [0.3, 0.4) is 0 Å². The molecule has 0 aromatic rings. The number of hydrogen-bond acceptors (Lipinski definition) is 5. The molecule has 0 heterocycles. The summed E-state index contributed by atoms with van der Waals surface area (Å²) in [6, 6.07) is 0. The SMILES string of the molecule is CCNC(=NCC(CC)(CC)NC(=O)OC(C)(C)C)NCCCCC(=O)OC.I. The number of amides is 1. The number of unbranched alkanes of at least 4 members (excludes halogenated alkanes) is 1. The van der Waals surface area contributed by atoms with Crippen molar-refractivity contribution in [1.29, 1.82) is 0 Å². The van der Waals surface area contributed by atoms with Crippen molar-refractivity contribution in [2.24, 2.45) is 4.99 Å². The van der Waals surface area contributed by atoms with Gasteiger partial charge in [0.05, 0.1) is 19.2 Å². The van der Waals surface area contributed by atoms with Crippen molar-refractivity contribution in [1.82, 2.24) is 16.0 Å². The lowest BCUT2D eigenvalue weighted by Gasteiger charge is -2.32. The molecule has 0 rings (SSSR count). The van der Waals surface area contributed by atoms with Crippen LogP contribution in [-0.2, 0) is 14.3 Å². The van der Waals surface area contributed by atoms with E-state index < -0.39 is 17.2 Å². The van der Waals surface area contributed by atoms with Crippen LogP contribution >= 0.6 is 24.0 Å². The number of nitrogens with one attached hydrogen (secondary N) is 3. The van der Waals surface area contributed by atoms with Crippen LogP contribution in [0.2, 0.25) is 0 Å². The van der Waals surface area contributed by atoms with Crippen LogP contribution in [0.4, 0.5) is 4.79 Å². The van der Waals surface area contributed by atoms with E-state index in [1.807, 2.05) is 41.5 Å². The Labute approximate surface area is 193 Å². The van der Waals surface area contributed by atoms with Gasteiger partial charge in [-0.25, -0.2) is 4.79 Å². The van der Waals surface area contributed by atoms with E-state index in [1.54, 1.807) is 0 Å². The zero-order valence-electron chi connectivity index (χ0n) is 19.1. The van der Waals surface area contributed by atoms with Gasteiger partial charge in [-0.2, -0.15) is 0 Å². The highest BCUT2D eigenvalue weighted by molar-refractivity contribution is 14.0. The molecule has 0 aliphatic rings. The molecule has 0 aromatic carbocycles. The number of hydrogen-bond donors (Lipinski definition) is 3. The zero-order valence-corrected chi connectivity index (χ0v) is 21.5. The fourth-order valence-corrected chi connectivity index (χ4v) is 2.49. The van der Waals surface area contributed by atoms with Gasteiger partial charge in [0, 0.05) is 19.5 Å². The number of halogens is 1. The number of carbonyl (C=O) groups excluding carboxylic acids is 2. The van der Waals surface area contributed by atoms with Crippen molar-refractivity contribution < 1.29 is 19.1 Å². The fraction of sp³-hybridized carbons (Fsp3) is 0.850. The summed E-state index contributed by atoms with van der Waals surface area (Å²) < 4.78 is 10.0. The van der Waals surface area contributed by atoms with E-state index in [0.717, 1.165) is 32.2 Å². The minimum absolute atomic E-state index is 0. The Morgan fingerprint density at radius 3 is 2.10 bits per heavy atom. The number of methoxy groups -OCH3 is 1. The Morgan fingerprint density at radius 1 is 1.00 bits per heavy atom. The molecular weight excluding hydrogens is 487 g/mol. The summed E-state index contributed by atoms with van der Waals surface area (Å²) in [6.07, 6.45) is 3.07. The van der Waals surface area contributed by atoms with Crippen LogP contribution in [0.25, 0.3) is 0 Å². The monoisotopic (exact) mass is 528 g/mol. The average molecular weight is 528 g/mol. The molecular formula is C20H41IN4O4. The summed E-state index contributed by atoms with van der Waals surface area (Å²) in [6.45, 7) is 13.5. The van der Waals surface area contributed by atoms with Crippen molar-refractivity contribution in [3.8, 4) is 0 Å². The first kappa shape index (κ1) is 29.9. The van der Waals surface area contributed by atoms with Gasteiger partial charge in [0.25, 0.3) is 0 Å². The third-order valence-electron chi connectivity index (χ3n) is 4.33. The molecule has 0 aliphatic heterocycles. The van der Waals surface area contributed by atoms with Gasteiger partial charge in [0.15, 0.2) is 5.96 Å². The van der Waals surface area contributed by atoms with Crippen molar-refractivity contribution in [3.05, 3.63) is 0 Å². The first-order valence-electron chi connectivity index (χ1n) is 10.2. The maximum Gasteiger partial charge on any atom is 0.408 e. The maximum absolute atomic E-state index is 12.2. The highest BCUT2D eigenvalue weighted by Gasteiger charge is 2.30. The number of aliphatic imine (C=N–C) groups is 1. The van der Waals surface area contributed by atoms with E-state index >= 15 is 0 Å². The highest BCUT2D eigenvalue weighted by Crippen LogP contribution is 2.17. The molecule has 29 heavy (non-hydrogen) atoms. The van der Waals surface area contributed by atoms with Gasteiger partial charge in [-0.3, -0.25) is 9.79 Å². The lowest BCUT2D eigenvalue weighted by molar-refractivity contribution is -0.140. The Morgan fingerprint density at radius 2 is 1.62 bits per heavy atom. The van der Waals surface area contributed by atoms with Crippen LogP contribution in [0.15, 0.2) is 4.99 Å². The highest BCUT2D eigenvalue weighted by atomic mass is 127. The lowest BCUT2D eigenvalue weighted by atomic mass is 9.93. The molecule has 0 fully saturated rings. The molecule has 0 saturated heterocycles. The Kier molecular flexibility index (Phi) is 16.1. The molecule has 0 aromatic heterocycles. The Balaban J connectivity index is 0. The molecule has 0 radical (unpaired) electrons. The normalized spacial score (nSPS) is 11.9. The summed E-state index contributed by atoms with van der Waals surface area (Å²) in [5.41, 5.74) is -1.00. The van der Waals surface area contributed by atoms with Gasteiger partial charge in [-0.15, -0.1) is 24.0 Å². The van der Waals surface area contributed by atoms with Gasteiger partial charge in [0.1, 0.15) is 5.60 Å². The Bertz CT molecular complexity index is 503. The van der Waals surface area contributed by atoms with E-state index in [9.17, 15) is 9.59 Å². The average Bonchev–Trinajstić information content (AvgIpc) is 2.62. The van der Waals surface area contributed by atoms with E-state index in [-0.39, 0.29) is 29.9 Å². The minimum atomic E-state index is -0.540. The third-order valence-corrected chi connectivity index (χ3v) is 4.33. The minimum Gasteiger partial charge on any atom is -0.469 e. The number of rotatable bonds is 11. The predicted molar refractivity (Wildman–Crippen MR) is 128 cm³/mol. The number of nitrogens with zero attached hydrogens (tertiary/aromatic N) is 1. The zero-order chi connectivity index (χ0) is 21.6. The number of carbonyl (C=O) groups is 2. The van der Waals surface area contributed by atoms with Crippen LogP contribution in [-0.4, -0.2) is 55.9 Å². The van der Waals surface area contributed by atoms with Gasteiger partial charge < -0.3 is 25.4 Å². The number of esters is 1.